The molecule has 0 spiro atoms. The number of nitrogens with one attached hydrogen (secondary N) is 1. The van der Waals surface area contributed by atoms with Gasteiger partial charge < -0.3 is 9.47 Å². The summed E-state index contributed by atoms with van der Waals surface area (Å²) in [6, 6.07) is 14.9. The van der Waals surface area contributed by atoms with Crippen molar-refractivity contribution in [2.45, 2.75) is 50.0 Å². The van der Waals surface area contributed by atoms with Crippen LogP contribution in [0, 0.1) is 11.6 Å². The Bertz CT molecular complexity index is 1280. The Balaban J connectivity index is 2.35. The first-order valence-corrected chi connectivity index (χ1v) is 12.6. The number of hydrogen-bond acceptors (Lipinski definition) is 3. The molecule has 0 unspecified atom stereocenters. The summed E-state index contributed by atoms with van der Waals surface area (Å²) in [5.41, 5.74) is -0.832. The third-order valence-corrected chi connectivity index (χ3v) is 7.30. The van der Waals surface area contributed by atoms with Gasteiger partial charge in [-0.05, 0) is 68.1 Å². The quantitative estimate of drug-likeness (QED) is 0.280. The monoisotopic (exact) mass is 559 g/mol. The van der Waals surface area contributed by atoms with Crippen LogP contribution in [0.5, 0.6) is 11.5 Å². The summed E-state index contributed by atoms with van der Waals surface area (Å²) in [7, 11) is -0.612. The zero-order chi connectivity index (χ0) is 28.3. The molecule has 0 aliphatic rings. The summed E-state index contributed by atoms with van der Waals surface area (Å²) >= 11 is 0. The minimum Gasteiger partial charge on any atom is -0.494 e. The number of halogens is 6. The number of rotatable bonds is 10. The number of benzene rings is 3. The molecule has 4 nitrogen and oxygen atoms in total. The second kappa shape index (κ2) is 11.4. The number of ether oxygens (including phenoxy) is 2. The lowest BCUT2D eigenvalue weighted by Crippen LogP contribution is -2.50. The molecule has 0 aliphatic heterocycles. The Morgan fingerprint density at radius 1 is 0.921 bits per heavy atom. The van der Waals surface area contributed by atoms with Gasteiger partial charge in [-0.15, -0.1) is 0 Å². The van der Waals surface area contributed by atoms with Crippen molar-refractivity contribution in [1.82, 2.24) is 4.72 Å². The summed E-state index contributed by atoms with van der Waals surface area (Å²) in [6.07, 6.45) is -9.09. The predicted molar refractivity (Wildman–Crippen MR) is 133 cm³/mol. The Kier molecular flexibility index (Phi) is 8.82. The van der Waals surface area contributed by atoms with Crippen molar-refractivity contribution < 1.29 is 40.0 Å². The van der Waals surface area contributed by atoms with Gasteiger partial charge in [0.15, 0.2) is 11.6 Å². The SMILES string of the molecule is COc1cc([C@@](Cc2ccccc2)(N[S@](=O)C(C)(C)C)c2cc(F)cc(OC(F)(F)C(F)F)c2)ccc1F. The van der Waals surface area contributed by atoms with Crippen LogP contribution < -0.4 is 14.2 Å². The van der Waals surface area contributed by atoms with Crippen molar-refractivity contribution in [3.05, 3.63) is 95.1 Å². The molecule has 0 radical (unpaired) electrons. The van der Waals surface area contributed by atoms with Crippen LogP contribution >= 0.6 is 0 Å². The molecule has 0 bridgehead atoms. The standard InChI is InChI=1S/C27H27F6NO3S/c1-25(2,3)38(35)34-26(16-17-8-6-5-7-9-17,18-10-11-22(29)23(14-18)36-4)19-12-20(28)15-21(13-19)37-27(32,33)24(30)31/h5-15,24,34H,16H2,1-4H3/t26-,38-/m1/s1. The van der Waals surface area contributed by atoms with Crippen LogP contribution in [0.25, 0.3) is 0 Å². The molecule has 206 valence electrons. The molecular weight excluding hydrogens is 532 g/mol. The molecule has 3 aromatic rings. The molecular formula is C27H27F6NO3S. The largest absolute Gasteiger partial charge is 0.494 e. The van der Waals surface area contributed by atoms with Crippen LogP contribution in [0.2, 0.25) is 0 Å². The van der Waals surface area contributed by atoms with E-state index in [4.69, 9.17) is 4.74 Å². The van der Waals surface area contributed by atoms with Crippen molar-refractivity contribution in [3.63, 3.8) is 0 Å². The molecule has 0 amide bonds. The lowest BCUT2D eigenvalue weighted by molar-refractivity contribution is -0.253. The van der Waals surface area contributed by atoms with Crippen molar-refractivity contribution in [2.24, 2.45) is 0 Å². The molecule has 1 N–H and O–H groups in total. The second-order valence-corrected chi connectivity index (χ2v) is 11.5. The Morgan fingerprint density at radius 3 is 2.16 bits per heavy atom. The molecule has 0 heterocycles. The zero-order valence-electron chi connectivity index (χ0n) is 21.0. The smallest absolute Gasteiger partial charge is 0.461 e. The Labute approximate surface area is 219 Å². The van der Waals surface area contributed by atoms with Crippen LogP contribution in [-0.4, -0.2) is 28.6 Å². The maximum atomic E-state index is 14.9. The highest BCUT2D eigenvalue weighted by atomic mass is 32.2. The molecule has 2 atom stereocenters. The first-order valence-electron chi connectivity index (χ1n) is 11.4. The van der Waals surface area contributed by atoms with Crippen molar-refractivity contribution in [1.29, 1.82) is 0 Å². The normalized spacial score (nSPS) is 14.7. The average molecular weight is 560 g/mol. The highest BCUT2D eigenvalue weighted by molar-refractivity contribution is 7.84. The molecule has 3 rings (SSSR count). The Morgan fingerprint density at radius 2 is 1.58 bits per heavy atom. The van der Waals surface area contributed by atoms with Crippen molar-refractivity contribution >= 4 is 11.0 Å². The van der Waals surface area contributed by atoms with Gasteiger partial charge in [0.05, 0.1) is 28.4 Å². The summed E-state index contributed by atoms with van der Waals surface area (Å²) in [5.74, 6) is -2.83. The molecule has 3 aromatic carbocycles. The van der Waals surface area contributed by atoms with Crippen LogP contribution in [0.4, 0.5) is 26.3 Å². The topological polar surface area (TPSA) is 47.6 Å². The van der Waals surface area contributed by atoms with E-state index in [2.05, 4.69) is 9.46 Å². The third-order valence-electron chi connectivity index (χ3n) is 5.65. The highest BCUT2D eigenvalue weighted by Crippen LogP contribution is 2.40. The minimum absolute atomic E-state index is 0.0292. The van der Waals surface area contributed by atoms with Crippen LogP contribution in [0.15, 0.2) is 66.7 Å². The summed E-state index contributed by atoms with van der Waals surface area (Å²) < 4.78 is 107. The van der Waals surface area contributed by atoms with E-state index in [-0.39, 0.29) is 23.3 Å². The van der Waals surface area contributed by atoms with Gasteiger partial charge in [-0.2, -0.15) is 17.6 Å². The van der Waals surface area contributed by atoms with E-state index in [1.165, 1.54) is 19.2 Å². The van der Waals surface area contributed by atoms with Crippen LogP contribution in [-0.2, 0) is 22.9 Å². The highest BCUT2D eigenvalue weighted by Gasteiger charge is 2.45. The first kappa shape index (κ1) is 29.5. The van der Waals surface area contributed by atoms with E-state index in [1.54, 1.807) is 51.1 Å². The van der Waals surface area contributed by atoms with Gasteiger partial charge >= 0.3 is 12.5 Å². The molecule has 11 heteroatoms. The molecule has 0 fully saturated rings. The van der Waals surface area contributed by atoms with Gasteiger partial charge in [0.25, 0.3) is 0 Å². The minimum atomic E-state index is -4.89. The van der Waals surface area contributed by atoms with Crippen molar-refractivity contribution in [2.75, 3.05) is 7.11 Å². The summed E-state index contributed by atoms with van der Waals surface area (Å²) in [5, 5.41) is 0. The van der Waals surface area contributed by atoms with Gasteiger partial charge in [0.1, 0.15) is 11.6 Å². The van der Waals surface area contributed by atoms with Gasteiger partial charge in [0, 0.05) is 6.07 Å². The maximum Gasteiger partial charge on any atom is 0.461 e. The number of methoxy groups -OCH3 is 1. The second-order valence-electron chi connectivity index (χ2n) is 9.54. The Hall–Kier alpha value is -3.05. The van der Waals surface area contributed by atoms with Crippen LogP contribution in [0.1, 0.15) is 37.5 Å². The average Bonchev–Trinajstić information content (AvgIpc) is 2.83. The fourth-order valence-electron chi connectivity index (χ4n) is 3.73. The molecule has 0 aromatic heterocycles. The van der Waals surface area contributed by atoms with E-state index >= 15 is 0 Å². The lowest BCUT2D eigenvalue weighted by atomic mass is 9.78. The van der Waals surface area contributed by atoms with Gasteiger partial charge in [-0.25, -0.2) is 17.7 Å². The van der Waals surface area contributed by atoms with E-state index in [1.807, 2.05) is 0 Å². The summed E-state index contributed by atoms with van der Waals surface area (Å²) in [6.45, 7) is 5.04. The first-order chi connectivity index (χ1) is 17.7. The van der Waals surface area contributed by atoms with Crippen molar-refractivity contribution in [3.8, 4) is 11.5 Å². The van der Waals surface area contributed by atoms with E-state index in [9.17, 15) is 30.6 Å². The maximum absolute atomic E-state index is 14.9. The predicted octanol–water partition coefficient (Wildman–Crippen LogP) is 6.75. The number of alkyl halides is 4. The fraction of sp³-hybridized carbons (Fsp3) is 0.333. The molecule has 0 aliphatic carbocycles. The van der Waals surface area contributed by atoms with Gasteiger partial charge in [0.2, 0.25) is 0 Å². The molecule has 0 saturated heterocycles. The van der Waals surface area contributed by atoms with Gasteiger partial charge in [-0.1, -0.05) is 36.4 Å². The van der Waals surface area contributed by atoms with E-state index in [0.717, 1.165) is 18.2 Å². The number of hydrogen-bond donors (Lipinski definition) is 1. The fourth-order valence-corrected chi connectivity index (χ4v) is 4.66. The lowest BCUT2D eigenvalue weighted by Gasteiger charge is -2.38. The molecule has 0 saturated carbocycles. The van der Waals surface area contributed by atoms with E-state index < -0.39 is 51.2 Å². The van der Waals surface area contributed by atoms with Crippen LogP contribution in [0.3, 0.4) is 0 Å². The summed E-state index contributed by atoms with van der Waals surface area (Å²) in [4.78, 5) is 0. The molecule has 38 heavy (non-hydrogen) atoms. The van der Waals surface area contributed by atoms with E-state index in [0.29, 0.717) is 11.6 Å². The third kappa shape index (κ3) is 6.68. The van der Waals surface area contributed by atoms with Gasteiger partial charge in [-0.3, -0.25) is 0 Å². The zero-order valence-corrected chi connectivity index (χ0v) is 21.9.